The Hall–Kier alpha value is -1.06. The van der Waals surface area contributed by atoms with Crippen molar-refractivity contribution in [3.63, 3.8) is 0 Å². The Bertz CT molecular complexity index is 303. The molecule has 88 valence electrons. The molecule has 1 N–H and O–H groups in total. The maximum Gasteiger partial charge on any atom is 0.246 e. The van der Waals surface area contributed by atoms with E-state index in [0.717, 1.165) is 12.0 Å². The molecule has 1 aromatic carbocycles. The van der Waals surface area contributed by atoms with Crippen LogP contribution in [0.2, 0.25) is 0 Å². The molecule has 0 aliphatic carbocycles. The van der Waals surface area contributed by atoms with Gasteiger partial charge in [-0.3, -0.25) is 4.79 Å². The second-order valence-electron chi connectivity index (χ2n) is 3.37. The summed E-state index contributed by atoms with van der Waals surface area (Å²) < 4.78 is 5.27. The molecule has 1 aromatic rings. The van der Waals surface area contributed by atoms with Gasteiger partial charge in [0.2, 0.25) is 5.91 Å². The SMILES string of the molecule is O=C(COCc1ccccc1)NCCCCl. The highest BCUT2D eigenvalue weighted by Crippen LogP contribution is 1.99. The van der Waals surface area contributed by atoms with Crippen molar-refractivity contribution in [3.8, 4) is 0 Å². The molecule has 1 rings (SSSR count). The minimum Gasteiger partial charge on any atom is -0.367 e. The number of benzene rings is 1. The summed E-state index contributed by atoms with van der Waals surface area (Å²) in [6.45, 7) is 1.16. The van der Waals surface area contributed by atoms with E-state index in [9.17, 15) is 4.79 Å². The van der Waals surface area contributed by atoms with E-state index in [1.165, 1.54) is 0 Å². The number of amides is 1. The van der Waals surface area contributed by atoms with Crippen LogP contribution in [0.3, 0.4) is 0 Å². The molecule has 0 heterocycles. The largest absolute Gasteiger partial charge is 0.367 e. The van der Waals surface area contributed by atoms with Gasteiger partial charge in [0.1, 0.15) is 6.61 Å². The molecule has 0 saturated carbocycles. The molecule has 0 bridgehead atoms. The highest BCUT2D eigenvalue weighted by atomic mass is 35.5. The lowest BCUT2D eigenvalue weighted by atomic mass is 10.2. The first-order valence-corrected chi connectivity index (χ1v) is 5.80. The maximum absolute atomic E-state index is 11.2. The van der Waals surface area contributed by atoms with Crippen LogP contribution in [-0.4, -0.2) is 24.9 Å². The lowest BCUT2D eigenvalue weighted by Crippen LogP contribution is -2.28. The number of hydrogen-bond donors (Lipinski definition) is 1. The van der Waals surface area contributed by atoms with Crippen molar-refractivity contribution in [2.45, 2.75) is 13.0 Å². The zero-order valence-corrected chi connectivity index (χ0v) is 9.87. The fourth-order valence-electron chi connectivity index (χ4n) is 1.18. The average Bonchev–Trinajstić information content (AvgIpc) is 2.31. The number of nitrogens with one attached hydrogen (secondary N) is 1. The molecule has 0 atom stereocenters. The van der Waals surface area contributed by atoms with Crippen molar-refractivity contribution < 1.29 is 9.53 Å². The van der Waals surface area contributed by atoms with Gasteiger partial charge >= 0.3 is 0 Å². The van der Waals surface area contributed by atoms with Gasteiger partial charge in [0.25, 0.3) is 0 Å². The highest BCUT2D eigenvalue weighted by molar-refractivity contribution is 6.17. The van der Waals surface area contributed by atoms with Crippen molar-refractivity contribution >= 4 is 17.5 Å². The highest BCUT2D eigenvalue weighted by Gasteiger charge is 2.00. The van der Waals surface area contributed by atoms with Crippen molar-refractivity contribution in [1.82, 2.24) is 5.32 Å². The van der Waals surface area contributed by atoms with Gasteiger partial charge in [0.05, 0.1) is 6.61 Å². The van der Waals surface area contributed by atoms with Crippen molar-refractivity contribution in [1.29, 1.82) is 0 Å². The Morgan fingerprint density at radius 2 is 2.06 bits per heavy atom. The van der Waals surface area contributed by atoms with Crippen LogP contribution in [0.1, 0.15) is 12.0 Å². The van der Waals surface area contributed by atoms with Gasteiger partial charge in [-0.2, -0.15) is 0 Å². The zero-order valence-electron chi connectivity index (χ0n) is 9.12. The summed E-state index contributed by atoms with van der Waals surface area (Å²) in [4.78, 5) is 11.2. The predicted molar refractivity (Wildman–Crippen MR) is 64.4 cm³/mol. The maximum atomic E-state index is 11.2. The normalized spacial score (nSPS) is 10.1. The van der Waals surface area contributed by atoms with E-state index in [4.69, 9.17) is 16.3 Å². The molecular formula is C12H16ClNO2. The van der Waals surface area contributed by atoms with Crippen LogP contribution in [0.4, 0.5) is 0 Å². The lowest BCUT2D eigenvalue weighted by Gasteiger charge is -2.05. The molecule has 0 fully saturated rings. The third kappa shape index (κ3) is 5.73. The topological polar surface area (TPSA) is 38.3 Å². The minimum atomic E-state index is -0.0963. The summed E-state index contributed by atoms with van der Waals surface area (Å²) in [5, 5.41) is 2.72. The number of carbonyl (C=O) groups excluding carboxylic acids is 1. The molecule has 4 heteroatoms. The van der Waals surface area contributed by atoms with Crippen LogP contribution < -0.4 is 5.32 Å². The number of hydrogen-bond acceptors (Lipinski definition) is 2. The molecule has 0 radical (unpaired) electrons. The van der Waals surface area contributed by atoms with E-state index in [1.807, 2.05) is 30.3 Å². The fraction of sp³-hybridized carbons (Fsp3) is 0.417. The van der Waals surface area contributed by atoms with E-state index in [0.29, 0.717) is 19.0 Å². The standard InChI is InChI=1S/C12H16ClNO2/c13-7-4-8-14-12(15)10-16-9-11-5-2-1-3-6-11/h1-3,5-6H,4,7-10H2,(H,14,15). The van der Waals surface area contributed by atoms with Gasteiger partial charge in [0.15, 0.2) is 0 Å². The zero-order chi connectivity index (χ0) is 11.6. The fourth-order valence-corrected chi connectivity index (χ4v) is 1.32. The van der Waals surface area contributed by atoms with E-state index < -0.39 is 0 Å². The van der Waals surface area contributed by atoms with Gasteiger partial charge in [-0.15, -0.1) is 11.6 Å². The smallest absolute Gasteiger partial charge is 0.246 e. The molecular weight excluding hydrogens is 226 g/mol. The van der Waals surface area contributed by atoms with E-state index in [1.54, 1.807) is 0 Å². The van der Waals surface area contributed by atoms with Gasteiger partial charge in [-0.05, 0) is 12.0 Å². The van der Waals surface area contributed by atoms with E-state index >= 15 is 0 Å². The molecule has 0 aliphatic rings. The van der Waals surface area contributed by atoms with Crippen LogP contribution >= 0.6 is 11.6 Å². The summed E-state index contributed by atoms with van der Waals surface area (Å²) in [6.07, 6.45) is 0.784. The quantitative estimate of drug-likeness (QED) is 0.585. The molecule has 0 unspecified atom stereocenters. The lowest BCUT2D eigenvalue weighted by molar-refractivity contribution is -0.126. The van der Waals surface area contributed by atoms with Crippen molar-refractivity contribution in [2.75, 3.05) is 19.0 Å². The van der Waals surface area contributed by atoms with Gasteiger partial charge < -0.3 is 10.1 Å². The number of rotatable bonds is 7. The summed E-state index contributed by atoms with van der Waals surface area (Å²) in [5.41, 5.74) is 1.07. The molecule has 0 aliphatic heterocycles. The molecule has 1 amide bonds. The van der Waals surface area contributed by atoms with Crippen LogP contribution in [0.5, 0.6) is 0 Å². The molecule has 16 heavy (non-hydrogen) atoms. The molecule has 3 nitrogen and oxygen atoms in total. The number of alkyl halides is 1. The Balaban J connectivity index is 2.09. The Morgan fingerprint density at radius 1 is 1.31 bits per heavy atom. The summed E-state index contributed by atoms with van der Waals surface area (Å²) >= 11 is 5.49. The molecule has 0 spiro atoms. The van der Waals surface area contributed by atoms with Crippen LogP contribution in [-0.2, 0) is 16.1 Å². The first kappa shape index (κ1) is 13.0. The van der Waals surface area contributed by atoms with Crippen LogP contribution in [0, 0.1) is 0 Å². The monoisotopic (exact) mass is 241 g/mol. The van der Waals surface area contributed by atoms with Crippen molar-refractivity contribution in [3.05, 3.63) is 35.9 Å². The Labute approximate surface area is 101 Å². The second-order valence-corrected chi connectivity index (χ2v) is 3.75. The molecule has 0 aromatic heterocycles. The van der Waals surface area contributed by atoms with Gasteiger partial charge in [-0.25, -0.2) is 0 Å². The number of carbonyl (C=O) groups is 1. The van der Waals surface area contributed by atoms with Crippen molar-refractivity contribution in [2.24, 2.45) is 0 Å². The first-order valence-electron chi connectivity index (χ1n) is 5.27. The van der Waals surface area contributed by atoms with Crippen LogP contribution in [0.25, 0.3) is 0 Å². The van der Waals surface area contributed by atoms with Gasteiger partial charge in [-0.1, -0.05) is 30.3 Å². The number of halogens is 1. The number of ether oxygens (including phenoxy) is 1. The predicted octanol–water partition coefficient (Wildman–Crippen LogP) is 1.95. The minimum absolute atomic E-state index is 0.0944. The first-order chi connectivity index (χ1) is 7.83. The third-order valence-corrected chi connectivity index (χ3v) is 2.24. The summed E-state index contributed by atoms with van der Waals surface area (Å²) in [6, 6.07) is 9.76. The Morgan fingerprint density at radius 3 is 2.75 bits per heavy atom. The van der Waals surface area contributed by atoms with E-state index in [2.05, 4.69) is 5.32 Å². The summed E-state index contributed by atoms with van der Waals surface area (Å²) in [7, 11) is 0. The third-order valence-electron chi connectivity index (χ3n) is 1.98. The second kappa shape index (κ2) is 8.13. The average molecular weight is 242 g/mol. The Kier molecular flexibility index (Phi) is 6.61. The van der Waals surface area contributed by atoms with Gasteiger partial charge in [0, 0.05) is 12.4 Å². The molecule has 0 saturated heterocycles. The van der Waals surface area contributed by atoms with E-state index in [-0.39, 0.29) is 12.5 Å². The summed E-state index contributed by atoms with van der Waals surface area (Å²) in [5.74, 6) is 0.464. The van der Waals surface area contributed by atoms with Crippen LogP contribution in [0.15, 0.2) is 30.3 Å².